The van der Waals surface area contributed by atoms with Crippen LogP contribution in [-0.2, 0) is 4.74 Å². The van der Waals surface area contributed by atoms with Gasteiger partial charge in [-0.25, -0.2) is 4.98 Å². The number of ether oxygens (including phenoxy) is 1. The zero-order valence-electron chi connectivity index (χ0n) is 12.0. The molecule has 0 unspecified atom stereocenters. The van der Waals surface area contributed by atoms with Gasteiger partial charge in [0.2, 0.25) is 0 Å². The number of carbonyl (C=O) groups excluding carboxylic acids is 1. The number of rotatable bonds is 4. The first-order chi connectivity index (χ1) is 10.2. The van der Waals surface area contributed by atoms with Crippen molar-refractivity contribution in [2.75, 3.05) is 19.8 Å². The number of aromatic nitrogens is 1. The Morgan fingerprint density at radius 3 is 2.95 bits per heavy atom. The van der Waals surface area contributed by atoms with E-state index in [9.17, 15) is 4.79 Å². The van der Waals surface area contributed by atoms with E-state index in [-0.39, 0.29) is 5.91 Å². The van der Waals surface area contributed by atoms with Crippen LogP contribution in [0.15, 0.2) is 30.3 Å². The molecule has 1 aliphatic heterocycles. The van der Waals surface area contributed by atoms with Crippen molar-refractivity contribution >= 4 is 17.2 Å². The Morgan fingerprint density at radius 2 is 2.24 bits per heavy atom. The summed E-state index contributed by atoms with van der Waals surface area (Å²) in [6.45, 7) is 4.11. The fourth-order valence-electron chi connectivity index (χ4n) is 2.37. The predicted octanol–water partition coefficient (Wildman–Crippen LogP) is 2.88. The largest absolute Gasteiger partial charge is 0.381 e. The molecule has 1 aromatic heterocycles. The van der Waals surface area contributed by atoms with Crippen LogP contribution in [0.25, 0.3) is 10.6 Å². The topological polar surface area (TPSA) is 51.2 Å². The van der Waals surface area contributed by atoms with Gasteiger partial charge in [0.05, 0.1) is 12.3 Å². The van der Waals surface area contributed by atoms with Gasteiger partial charge in [0.15, 0.2) is 0 Å². The lowest BCUT2D eigenvalue weighted by molar-refractivity contribution is 0.0948. The number of thiazole rings is 1. The molecule has 2 aromatic rings. The van der Waals surface area contributed by atoms with Crippen LogP contribution in [0.5, 0.6) is 0 Å². The quantitative estimate of drug-likeness (QED) is 0.945. The lowest BCUT2D eigenvalue weighted by Crippen LogP contribution is -2.29. The number of nitrogens with zero attached hydrogens (tertiary/aromatic N) is 1. The van der Waals surface area contributed by atoms with Gasteiger partial charge < -0.3 is 10.1 Å². The lowest BCUT2D eigenvalue weighted by Gasteiger charge is -2.08. The standard InChI is InChI=1S/C16H18N2O2S/c1-11-14(15(19)17-9-12-7-8-20-10-12)21-16(18-11)13-5-3-2-4-6-13/h2-6,12H,7-10H2,1H3,(H,17,19)/t12-/m1/s1. The SMILES string of the molecule is Cc1nc(-c2ccccc2)sc1C(=O)NC[C@H]1CCOC1. The molecule has 2 heterocycles. The van der Waals surface area contributed by atoms with E-state index < -0.39 is 0 Å². The summed E-state index contributed by atoms with van der Waals surface area (Å²) < 4.78 is 5.32. The molecule has 1 amide bonds. The molecule has 110 valence electrons. The molecule has 4 nitrogen and oxygen atoms in total. The van der Waals surface area contributed by atoms with Crippen molar-refractivity contribution in [1.29, 1.82) is 0 Å². The lowest BCUT2D eigenvalue weighted by atomic mass is 10.1. The fourth-order valence-corrected chi connectivity index (χ4v) is 3.36. The van der Waals surface area contributed by atoms with E-state index in [1.807, 2.05) is 37.3 Å². The van der Waals surface area contributed by atoms with Gasteiger partial charge in [0, 0.05) is 24.6 Å². The second-order valence-electron chi connectivity index (χ2n) is 5.24. The average Bonchev–Trinajstić information content (AvgIpc) is 3.15. The molecule has 1 aliphatic rings. The Bertz CT molecular complexity index is 618. The van der Waals surface area contributed by atoms with E-state index >= 15 is 0 Å². The smallest absolute Gasteiger partial charge is 0.263 e. The van der Waals surface area contributed by atoms with Crippen LogP contribution in [0.2, 0.25) is 0 Å². The first kappa shape index (κ1) is 14.2. The maximum atomic E-state index is 12.3. The Morgan fingerprint density at radius 1 is 1.43 bits per heavy atom. The molecule has 0 aliphatic carbocycles. The van der Waals surface area contributed by atoms with Crippen molar-refractivity contribution in [3.05, 3.63) is 40.9 Å². The number of hydrogen-bond donors (Lipinski definition) is 1. The van der Waals surface area contributed by atoms with Gasteiger partial charge in [-0.15, -0.1) is 11.3 Å². The third-order valence-corrected chi connectivity index (χ3v) is 4.80. The Kier molecular flexibility index (Phi) is 4.31. The van der Waals surface area contributed by atoms with Gasteiger partial charge in [-0.3, -0.25) is 4.79 Å². The summed E-state index contributed by atoms with van der Waals surface area (Å²) in [7, 11) is 0. The number of amides is 1. The van der Waals surface area contributed by atoms with Crippen LogP contribution < -0.4 is 5.32 Å². The molecule has 1 N–H and O–H groups in total. The molecule has 1 saturated heterocycles. The monoisotopic (exact) mass is 302 g/mol. The molecule has 0 saturated carbocycles. The molecular weight excluding hydrogens is 284 g/mol. The Labute approximate surface area is 128 Å². The van der Waals surface area contributed by atoms with Crippen LogP contribution in [0.3, 0.4) is 0 Å². The summed E-state index contributed by atoms with van der Waals surface area (Å²) in [6.07, 6.45) is 1.03. The molecule has 3 rings (SSSR count). The van der Waals surface area contributed by atoms with Gasteiger partial charge in [-0.05, 0) is 13.3 Å². The maximum Gasteiger partial charge on any atom is 0.263 e. The van der Waals surface area contributed by atoms with Crippen molar-refractivity contribution in [2.24, 2.45) is 5.92 Å². The maximum absolute atomic E-state index is 12.3. The van der Waals surface area contributed by atoms with Crippen molar-refractivity contribution in [3.63, 3.8) is 0 Å². The van der Waals surface area contributed by atoms with Crippen molar-refractivity contribution in [3.8, 4) is 10.6 Å². The second-order valence-corrected chi connectivity index (χ2v) is 6.24. The molecule has 21 heavy (non-hydrogen) atoms. The highest BCUT2D eigenvalue weighted by Crippen LogP contribution is 2.27. The van der Waals surface area contributed by atoms with E-state index in [4.69, 9.17) is 4.74 Å². The van der Waals surface area contributed by atoms with E-state index in [1.54, 1.807) is 0 Å². The Hall–Kier alpha value is -1.72. The van der Waals surface area contributed by atoms with Crippen LogP contribution in [0, 0.1) is 12.8 Å². The fraction of sp³-hybridized carbons (Fsp3) is 0.375. The molecule has 1 atom stereocenters. The van der Waals surface area contributed by atoms with Crippen LogP contribution in [0.4, 0.5) is 0 Å². The molecular formula is C16H18N2O2S. The highest BCUT2D eigenvalue weighted by atomic mass is 32.1. The number of carbonyl (C=O) groups is 1. The number of benzene rings is 1. The van der Waals surface area contributed by atoms with Crippen molar-refractivity contribution in [2.45, 2.75) is 13.3 Å². The third kappa shape index (κ3) is 3.31. The van der Waals surface area contributed by atoms with E-state index in [0.717, 1.165) is 35.9 Å². The zero-order chi connectivity index (χ0) is 14.7. The minimum absolute atomic E-state index is 0.0286. The molecule has 5 heteroatoms. The second kappa shape index (κ2) is 6.37. The number of hydrogen-bond acceptors (Lipinski definition) is 4. The molecule has 0 bridgehead atoms. The number of aryl methyl sites for hydroxylation is 1. The van der Waals surface area contributed by atoms with Crippen LogP contribution in [-0.4, -0.2) is 30.6 Å². The van der Waals surface area contributed by atoms with Gasteiger partial charge in [-0.1, -0.05) is 30.3 Å². The van der Waals surface area contributed by atoms with Gasteiger partial charge in [0.25, 0.3) is 5.91 Å². The Balaban J connectivity index is 1.70. The van der Waals surface area contributed by atoms with Crippen molar-refractivity contribution < 1.29 is 9.53 Å². The zero-order valence-corrected chi connectivity index (χ0v) is 12.8. The van der Waals surface area contributed by atoms with Gasteiger partial charge >= 0.3 is 0 Å². The summed E-state index contributed by atoms with van der Waals surface area (Å²) in [4.78, 5) is 17.5. The minimum atomic E-state index is -0.0286. The van der Waals surface area contributed by atoms with E-state index in [2.05, 4.69) is 10.3 Å². The molecule has 0 spiro atoms. The summed E-state index contributed by atoms with van der Waals surface area (Å²) in [6, 6.07) is 9.95. The van der Waals surface area contributed by atoms with Gasteiger partial charge in [-0.2, -0.15) is 0 Å². The average molecular weight is 302 g/mol. The third-order valence-electron chi connectivity index (χ3n) is 3.60. The summed E-state index contributed by atoms with van der Waals surface area (Å²) in [5, 5.41) is 3.89. The van der Waals surface area contributed by atoms with Crippen LogP contribution >= 0.6 is 11.3 Å². The summed E-state index contributed by atoms with van der Waals surface area (Å²) >= 11 is 1.45. The molecule has 0 radical (unpaired) electrons. The summed E-state index contributed by atoms with van der Waals surface area (Å²) in [5.41, 5.74) is 1.84. The normalized spacial score (nSPS) is 17.9. The van der Waals surface area contributed by atoms with E-state index in [1.165, 1.54) is 11.3 Å². The summed E-state index contributed by atoms with van der Waals surface area (Å²) in [5.74, 6) is 0.412. The highest BCUT2D eigenvalue weighted by Gasteiger charge is 2.19. The predicted molar refractivity (Wildman–Crippen MR) is 83.5 cm³/mol. The van der Waals surface area contributed by atoms with E-state index in [0.29, 0.717) is 17.3 Å². The van der Waals surface area contributed by atoms with Gasteiger partial charge in [0.1, 0.15) is 9.88 Å². The minimum Gasteiger partial charge on any atom is -0.381 e. The highest BCUT2D eigenvalue weighted by molar-refractivity contribution is 7.17. The molecule has 1 fully saturated rings. The van der Waals surface area contributed by atoms with Crippen LogP contribution in [0.1, 0.15) is 21.8 Å². The number of nitrogens with one attached hydrogen (secondary N) is 1. The van der Waals surface area contributed by atoms with Crippen molar-refractivity contribution in [1.82, 2.24) is 10.3 Å². The first-order valence-corrected chi connectivity index (χ1v) is 7.94. The molecule has 1 aromatic carbocycles. The first-order valence-electron chi connectivity index (χ1n) is 7.13.